The van der Waals surface area contributed by atoms with Gasteiger partial charge in [0.05, 0.1) is 12.7 Å². The van der Waals surface area contributed by atoms with Crippen molar-refractivity contribution in [1.29, 1.82) is 0 Å². The van der Waals surface area contributed by atoms with E-state index in [1.54, 1.807) is 35.7 Å². The minimum atomic E-state index is -0.338. The fourth-order valence-electron chi connectivity index (χ4n) is 3.45. The molecule has 5 rings (SSSR count). The van der Waals surface area contributed by atoms with Crippen LogP contribution in [0.2, 0.25) is 0 Å². The van der Waals surface area contributed by atoms with Gasteiger partial charge < -0.3 is 10.1 Å². The number of methoxy groups -OCH3 is 1. The maximum Gasteiger partial charge on any atom is 0.285 e. The van der Waals surface area contributed by atoms with E-state index in [0.717, 1.165) is 5.56 Å². The molecular formula is C24H19N5O2S. The Morgan fingerprint density at radius 2 is 1.88 bits per heavy atom. The van der Waals surface area contributed by atoms with Crippen LogP contribution in [-0.4, -0.2) is 32.8 Å². The summed E-state index contributed by atoms with van der Waals surface area (Å²) in [4.78, 5) is 22.3. The molecule has 0 radical (unpaired) electrons. The highest BCUT2D eigenvalue weighted by atomic mass is 32.1. The summed E-state index contributed by atoms with van der Waals surface area (Å²) in [5, 5.41) is 11.1. The molecule has 3 aromatic heterocycles. The highest BCUT2D eigenvalue weighted by Crippen LogP contribution is 2.27. The van der Waals surface area contributed by atoms with Crippen molar-refractivity contribution in [3.8, 4) is 17.3 Å². The molecule has 32 heavy (non-hydrogen) atoms. The molecule has 2 aromatic carbocycles. The van der Waals surface area contributed by atoms with Gasteiger partial charge in [-0.25, -0.2) is 0 Å². The number of fused-ring (bicyclic) bond motifs is 1. The number of carbonyl (C=O) groups is 1. The van der Waals surface area contributed by atoms with E-state index >= 15 is 0 Å². The lowest BCUT2D eigenvalue weighted by Gasteiger charge is -2.09. The van der Waals surface area contributed by atoms with Crippen LogP contribution in [0.4, 0.5) is 5.95 Å². The number of ether oxygens (including phenoxy) is 1. The summed E-state index contributed by atoms with van der Waals surface area (Å²) in [7, 11) is 1.54. The molecule has 0 saturated carbocycles. The Hall–Kier alpha value is -4.04. The van der Waals surface area contributed by atoms with Crippen LogP contribution in [0.15, 0.2) is 78.3 Å². The Morgan fingerprint density at radius 1 is 1.06 bits per heavy atom. The molecular weight excluding hydrogens is 422 g/mol. The number of para-hydroxylation sites is 1. The number of thiophene rings is 1. The van der Waals surface area contributed by atoms with Gasteiger partial charge in [0.15, 0.2) is 0 Å². The Bertz CT molecular complexity index is 1390. The van der Waals surface area contributed by atoms with Crippen LogP contribution in [-0.2, 0) is 6.54 Å². The number of nitrogens with one attached hydrogen (secondary N) is 1. The first-order chi connectivity index (χ1) is 15.7. The van der Waals surface area contributed by atoms with Crippen molar-refractivity contribution in [3.05, 3.63) is 89.4 Å². The van der Waals surface area contributed by atoms with E-state index in [4.69, 9.17) is 4.74 Å². The third-order valence-corrected chi connectivity index (χ3v) is 6.04. The average Bonchev–Trinajstić information content (AvgIpc) is 3.47. The normalized spacial score (nSPS) is 10.9. The molecule has 8 heteroatoms. The van der Waals surface area contributed by atoms with Gasteiger partial charge >= 0.3 is 0 Å². The molecule has 0 aliphatic carbocycles. The molecule has 0 saturated heterocycles. The molecule has 5 aromatic rings. The molecule has 0 fully saturated rings. The van der Waals surface area contributed by atoms with Gasteiger partial charge in [-0.05, 0) is 46.7 Å². The Labute approximate surface area is 188 Å². The topological polar surface area (TPSA) is 81.9 Å². The molecule has 0 amide bonds. The SMILES string of the molecule is COc1ccccc1C(=O)n1nc(-c2ccccn2)nc1NCc1csc2ccccc12. The van der Waals surface area contributed by atoms with Crippen molar-refractivity contribution >= 4 is 33.3 Å². The predicted octanol–water partition coefficient (Wildman–Crippen LogP) is 4.86. The number of nitrogens with zero attached hydrogens (tertiary/aromatic N) is 4. The fraction of sp³-hybridized carbons (Fsp3) is 0.0833. The van der Waals surface area contributed by atoms with E-state index in [1.165, 1.54) is 21.9 Å². The molecule has 158 valence electrons. The summed E-state index contributed by atoms with van der Waals surface area (Å²) < 4.78 is 7.86. The van der Waals surface area contributed by atoms with Gasteiger partial charge in [-0.3, -0.25) is 9.78 Å². The van der Waals surface area contributed by atoms with Crippen molar-refractivity contribution in [1.82, 2.24) is 19.7 Å². The van der Waals surface area contributed by atoms with Crippen molar-refractivity contribution in [2.45, 2.75) is 6.54 Å². The van der Waals surface area contributed by atoms with Gasteiger partial charge in [-0.2, -0.15) is 9.67 Å². The maximum atomic E-state index is 13.4. The van der Waals surface area contributed by atoms with Crippen molar-refractivity contribution in [2.24, 2.45) is 0 Å². The van der Waals surface area contributed by atoms with Crippen LogP contribution in [0.5, 0.6) is 5.75 Å². The van der Waals surface area contributed by atoms with Gasteiger partial charge in [0.1, 0.15) is 11.4 Å². The van der Waals surface area contributed by atoms with E-state index in [-0.39, 0.29) is 5.91 Å². The highest BCUT2D eigenvalue weighted by molar-refractivity contribution is 7.17. The molecule has 1 N–H and O–H groups in total. The minimum Gasteiger partial charge on any atom is -0.496 e. The Morgan fingerprint density at radius 3 is 2.72 bits per heavy atom. The second kappa shape index (κ2) is 8.60. The monoisotopic (exact) mass is 441 g/mol. The lowest BCUT2D eigenvalue weighted by Crippen LogP contribution is -2.18. The van der Waals surface area contributed by atoms with Crippen LogP contribution in [0.3, 0.4) is 0 Å². The summed E-state index contributed by atoms with van der Waals surface area (Å²) in [6.45, 7) is 0.504. The van der Waals surface area contributed by atoms with E-state index < -0.39 is 0 Å². The predicted molar refractivity (Wildman–Crippen MR) is 125 cm³/mol. The fourth-order valence-corrected chi connectivity index (χ4v) is 4.41. The van der Waals surface area contributed by atoms with Crippen LogP contribution in [0.1, 0.15) is 15.9 Å². The van der Waals surface area contributed by atoms with E-state index in [1.807, 2.05) is 36.4 Å². The van der Waals surface area contributed by atoms with Crippen molar-refractivity contribution < 1.29 is 9.53 Å². The van der Waals surface area contributed by atoms with Crippen LogP contribution in [0, 0.1) is 0 Å². The summed E-state index contributed by atoms with van der Waals surface area (Å²) in [6.07, 6.45) is 1.67. The lowest BCUT2D eigenvalue weighted by molar-refractivity contribution is 0.0944. The first kappa shape index (κ1) is 19.9. The van der Waals surface area contributed by atoms with Gasteiger partial charge in [-0.1, -0.05) is 36.4 Å². The standard InChI is InChI=1S/C24H19N5O2S/c1-31-20-11-4-2-9-18(20)23(30)29-24(27-22(28-29)19-10-6-7-13-25-19)26-14-16-15-32-21-12-5-3-8-17(16)21/h2-13,15H,14H2,1H3,(H,26,27,28). The third kappa shape index (κ3) is 3.72. The number of hydrogen-bond acceptors (Lipinski definition) is 7. The summed E-state index contributed by atoms with van der Waals surface area (Å²) >= 11 is 1.69. The molecule has 0 aliphatic heterocycles. The number of pyridine rings is 1. The number of rotatable bonds is 6. The number of anilines is 1. The number of carbonyl (C=O) groups excluding carboxylic acids is 1. The zero-order valence-electron chi connectivity index (χ0n) is 17.2. The van der Waals surface area contributed by atoms with Crippen molar-refractivity contribution in [2.75, 3.05) is 12.4 Å². The molecule has 0 unspecified atom stereocenters. The number of aromatic nitrogens is 4. The lowest BCUT2D eigenvalue weighted by atomic mass is 10.2. The van der Waals surface area contributed by atoms with E-state index in [0.29, 0.717) is 35.3 Å². The van der Waals surface area contributed by atoms with E-state index in [2.05, 4.69) is 37.9 Å². The minimum absolute atomic E-state index is 0.338. The summed E-state index contributed by atoms with van der Waals surface area (Å²) in [5.74, 6) is 0.848. The molecule has 0 atom stereocenters. The van der Waals surface area contributed by atoms with Crippen molar-refractivity contribution in [3.63, 3.8) is 0 Å². The second-order valence-corrected chi connectivity index (χ2v) is 7.91. The zero-order valence-corrected chi connectivity index (χ0v) is 18.0. The Kier molecular flexibility index (Phi) is 5.35. The second-order valence-electron chi connectivity index (χ2n) is 7.00. The third-order valence-electron chi connectivity index (χ3n) is 5.03. The smallest absolute Gasteiger partial charge is 0.285 e. The van der Waals surface area contributed by atoms with Crippen LogP contribution < -0.4 is 10.1 Å². The first-order valence-corrected chi connectivity index (χ1v) is 10.9. The number of hydrogen-bond donors (Lipinski definition) is 1. The summed E-state index contributed by atoms with van der Waals surface area (Å²) in [6, 6.07) is 20.8. The highest BCUT2D eigenvalue weighted by Gasteiger charge is 2.22. The quantitative estimate of drug-likeness (QED) is 0.405. The summed E-state index contributed by atoms with van der Waals surface area (Å²) in [5.41, 5.74) is 2.11. The zero-order chi connectivity index (χ0) is 21.9. The maximum absolute atomic E-state index is 13.4. The Balaban J connectivity index is 1.53. The molecule has 0 bridgehead atoms. The number of benzene rings is 2. The largest absolute Gasteiger partial charge is 0.496 e. The average molecular weight is 442 g/mol. The molecule has 0 spiro atoms. The van der Waals surface area contributed by atoms with Gasteiger partial charge in [0.2, 0.25) is 11.8 Å². The van der Waals surface area contributed by atoms with Gasteiger partial charge in [0, 0.05) is 17.4 Å². The van der Waals surface area contributed by atoms with Gasteiger partial charge in [-0.15, -0.1) is 16.4 Å². The van der Waals surface area contributed by atoms with Crippen LogP contribution in [0.25, 0.3) is 21.6 Å². The first-order valence-electron chi connectivity index (χ1n) is 10.00. The molecule has 7 nitrogen and oxygen atoms in total. The van der Waals surface area contributed by atoms with E-state index in [9.17, 15) is 4.79 Å². The molecule has 3 heterocycles. The van der Waals surface area contributed by atoms with Gasteiger partial charge in [0.25, 0.3) is 5.91 Å². The van der Waals surface area contributed by atoms with Crippen LogP contribution >= 0.6 is 11.3 Å². The molecule has 0 aliphatic rings.